The second-order valence-corrected chi connectivity index (χ2v) is 4.82. The minimum atomic E-state index is -0.355. The number of nitrogens with one attached hydrogen (secondary N) is 1. The van der Waals surface area contributed by atoms with Gasteiger partial charge in [0.15, 0.2) is 0 Å². The molecule has 102 valence electrons. The average molecular weight is 308 g/mol. The Hall–Kier alpha value is -1.91. The Bertz CT molecular complexity index is 657. The van der Waals surface area contributed by atoms with Gasteiger partial charge in [0, 0.05) is 23.5 Å². The van der Waals surface area contributed by atoms with Gasteiger partial charge in [-0.05, 0) is 31.2 Å². The molecule has 1 heterocycles. The van der Waals surface area contributed by atoms with Gasteiger partial charge in [-0.3, -0.25) is 9.78 Å². The molecule has 2 rings (SSSR count). The number of halogens is 2. The Morgan fingerprint density at radius 2 is 2.00 bits per heavy atom. The number of carbonyl (C=O) groups is 1. The molecular formula is C14H11Cl2N3O. The monoisotopic (exact) mass is 307 g/mol. The standard InChI is InChI=1S/C14H11Cl2N3O/c1-9(11-3-2-6-17-8-11)18-19-14(20)10-4-5-12(15)13(16)7-10/h2-8H,1H3,(H,19,20). The largest absolute Gasteiger partial charge is 0.271 e. The van der Waals surface area contributed by atoms with Gasteiger partial charge in [0.2, 0.25) is 0 Å². The van der Waals surface area contributed by atoms with Crippen LogP contribution in [0.1, 0.15) is 22.8 Å². The molecule has 6 heteroatoms. The van der Waals surface area contributed by atoms with Crippen LogP contribution in [0.3, 0.4) is 0 Å². The predicted molar refractivity (Wildman–Crippen MR) is 80.4 cm³/mol. The molecule has 0 radical (unpaired) electrons. The topological polar surface area (TPSA) is 54.4 Å². The lowest BCUT2D eigenvalue weighted by atomic mass is 10.2. The van der Waals surface area contributed by atoms with Crippen LogP contribution in [0.15, 0.2) is 47.8 Å². The van der Waals surface area contributed by atoms with Crippen LogP contribution in [0, 0.1) is 0 Å². The molecule has 0 unspecified atom stereocenters. The third-order valence-corrected chi connectivity index (χ3v) is 3.33. The van der Waals surface area contributed by atoms with Gasteiger partial charge < -0.3 is 0 Å². The lowest BCUT2D eigenvalue weighted by molar-refractivity contribution is 0.0955. The first-order valence-corrected chi connectivity index (χ1v) is 6.53. The number of nitrogens with zero attached hydrogens (tertiary/aromatic N) is 2. The average Bonchev–Trinajstić information content (AvgIpc) is 2.48. The number of benzene rings is 1. The van der Waals surface area contributed by atoms with Gasteiger partial charge in [-0.1, -0.05) is 29.3 Å². The maximum Gasteiger partial charge on any atom is 0.271 e. The van der Waals surface area contributed by atoms with E-state index in [1.54, 1.807) is 37.5 Å². The lowest BCUT2D eigenvalue weighted by Gasteiger charge is -2.03. The molecule has 4 nitrogen and oxygen atoms in total. The first kappa shape index (κ1) is 14.5. The van der Waals surface area contributed by atoms with E-state index < -0.39 is 0 Å². The normalized spacial score (nSPS) is 11.2. The zero-order valence-electron chi connectivity index (χ0n) is 10.6. The Kier molecular flexibility index (Phi) is 4.71. The Labute approximate surface area is 126 Å². The highest BCUT2D eigenvalue weighted by Gasteiger charge is 2.07. The van der Waals surface area contributed by atoms with Crippen molar-refractivity contribution in [1.29, 1.82) is 0 Å². The van der Waals surface area contributed by atoms with Crippen LogP contribution >= 0.6 is 23.2 Å². The summed E-state index contributed by atoms with van der Waals surface area (Å²) in [6.45, 7) is 1.78. The number of amides is 1. The van der Waals surface area contributed by atoms with Crippen molar-refractivity contribution in [3.63, 3.8) is 0 Å². The van der Waals surface area contributed by atoms with E-state index in [1.807, 2.05) is 6.07 Å². The van der Waals surface area contributed by atoms with Crippen molar-refractivity contribution in [3.8, 4) is 0 Å². The third-order valence-electron chi connectivity index (χ3n) is 2.59. The van der Waals surface area contributed by atoms with Crippen LogP contribution in [-0.2, 0) is 0 Å². The number of aromatic nitrogens is 1. The second-order valence-electron chi connectivity index (χ2n) is 4.01. The predicted octanol–water partition coefficient (Wildman–Crippen LogP) is 3.54. The van der Waals surface area contributed by atoms with Crippen molar-refractivity contribution in [3.05, 3.63) is 63.9 Å². The van der Waals surface area contributed by atoms with Crippen LogP contribution in [0.2, 0.25) is 10.0 Å². The molecule has 0 aliphatic carbocycles. The number of pyridine rings is 1. The highest BCUT2D eigenvalue weighted by atomic mass is 35.5. The Morgan fingerprint density at radius 3 is 2.65 bits per heavy atom. The maximum absolute atomic E-state index is 11.9. The summed E-state index contributed by atoms with van der Waals surface area (Å²) in [5.41, 5.74) is 4.35. The SMILES string of the molecule is CC(=NNC(=O)c1ccc(Cl)c(Cl)c1)c1cccnc1. The molecule has 0 saturated heterocycles. The molecule has 1 aromatic carbocycles. The van der Waals surface area contributed by atoms with Crippen molar-refractivity contribution >= 4 is 34.8 Å². The zero-order chi connectivity index (χ0) is 14.5. The molecular weight excluding hydrogens is 297 g/mol. The van der Waals surface area contributed by atoms with E-state index in [1.165, 1.54) is 6.07 Å². The van der Waals surface area contributed by atoms with E-state index in [9.17, 15) is 4.79 Å². The van der Waals surface area contributed by atoms with Crippen molar-refractivity contribution in [2.75, 3.05) is 0 Å². The fraction of sp³-hybridized carbons (Fsp3) is 0.0714. The van der Waals surface area contributed by atoms with E-state index in [2.05, 4.69) is 15.5 Å². The van der Waals surface area contributed by atoms with Gasteiger partial charge in [-0.2, -0.15) is 5.10 Å². The van der Waals surface area contributed by atoms with Crippen LogP contribution in [0.4, 0.5) is 0 Å². The molecule has 0 fully saturated rings. The highest BCUT2D eigenvalue weighted by molar-refractivity contribution is 6.42. The van der Waals surface area contributed by atoms with Crippen LogP contribution in [0.5, 0.6) is 0 Å². The van der Waals surface area contributed by atoms with E-state index in [-0.39, 0.29) is 5.91 Å². The van der Waals surface area contributed by atoms with Gasteiger partial charge in [-0.15, -0.1) is 0 Å². The molecule has 2 aromatic rings. The van der Waals surface area contributed by atoms with E-state index in [4.69, 9.17) is 23.2 Å². The lowest BCUT2D eigenvalue weighted by Crippen LogP contribution is -2.19. The van der Waals surface area contributed by atoms with Crippen LogP contribution < -0.4 is 5.43 Å². The summed E-state index contributed by atoms with van der Waals surface area (Å²) in [5.74, 6) is -0.355. The first-order valence-electron chi connectivity index (χ1n) is 5.78. The molecule has 0 spiro atoms. The number of hydrogen-bond acceptors (Lipinski definition) is 3. The van der Waals surface area contributed by atoms with Gasteiger partial charge >= 0.3 is 0 Å². The molecule has 0 aliphatic heterocycles. The maximum atomic E-state index is 11.9. The summed E-state index contributed by atoms with van der Waals surface area (Å²) in [6, 6.07) is 8.30. The summed E-state index contributed by atoms with van der Waals surface area (Å²) in [5, 5.41) is 4.75. The molecule has 20 heavy (non-hydrogen) atoms. The summed E-state index contributed by atoms with van der Waals surface area (Å²) in [6.07, 6.45) is 3.34. The van der Waals surface area contributed by atoms with Crippen LogP contribution in [0.25, 0.3) is 0 Å². The minimum absolute atomic E-state index is 0.326. The summed E-state index contributed by atoms with van der Waals surface area (Å²) in [4.78, 5) is 15.9. The molecule has 1 amide bonds. The number of carbonyl (C=O) groups excluding carboxylic acids is 1. The smallest absolute Gasteiger partial charge is 0.267 e. The zero-order valence-corrected chi connectivity index (χ0v) is 12.1. The van der Waals surface area contributed by atoms with Crippen molar-refractivity contribution in [2.24, 2.45) is 5.10 Å². The number of hydrogen-bond donors (Lipinski definition) is 1. The fourth-order valence-corrected chi connectivity index (χ4v) is 1.78. The second kappa shape index (κ2) is 6.50. The minimum Gasteiger partial charge on any atom is -0.267 e. The Morgan fingerprint density at radius 1 is 1.20 bits per heavy atom. The quantitative estimate of drug-likeness (QED) is 0.696. The summed E-state index contributed by atoms with van der Waals surface area (Å²) in [7, 11) is 0. The van der Waals surface area contributed by atoms with E-state index in [0.717, 1.165) is 5.56 Å². The molecule has 0 atom stereocenters. The molecule has 0 saturated carbocycles. The molecule has 1 aromatic heterocycles. The number of hydrazone groups is 1. The Balaban J connectivity index is 2.10. The summed E-state index contributed by atoms with van der Waals surface area (Å²) < 4.78 is 0. The van der Waals surface area contributed by atoms with Gasteiger partial charge in [0.1, 0.15) is 0 Å². The van der Waals surface area contributed by atoms with Crippen molar-refractivity contribution in [2.45, 2.75) is 6.92 Å². The van der Waals surface area contributed by atoms with Crippen molar-refractivity contribution < 1.29 is 4.79 Å². The third kappa shape index (κ3) is 3.56. The molecule has 0 bridgehead atoms. The van der Waals surface area contributed by atoms with Gasteiger partial charge in [-0.25, -0.2) is 5.43 Å². The molecule has 0 aliphatic rings. The van der Waals surface area contributed by atoms with E-state index in [0.29, 0.717) is 21.3 Å². The molecule has 1 N–H and O–H groups in total. The fourth-order valence-electron chi connectivity index (χ4n) is 1.48. The highest BCUT2D eigenvalue weighted by Crippen LogP contribution is 2.22. The number of rotatable bonds is 3. The summed E-state index contributed by atoms with van der Waals surface area (Å²) >= 11 is 11.7. The van der Waals surface area contributed by atoms with Gasteiger partial charge in [0.25, 0.3) is 5.91 Å². The van der Waals surface area contributed by atoms with Crippen molar-refractivity contribution in [1.82, 2.24) is 10.4 Å². The van der Waals surface area contributed by atoms with Crippen LogP contribution in [-0.4, -0.2) is 16.6 Å². The van der Waals surface area contributed by atoms with Gasteiger partial charge in [0.05, 0.1) is 15.8 Å². The first-order chi connectivity index (χ1) is 9.58. The van der Waals surface area contributed by atoms with E-state index >= 15 is 0 Å².